The summed E-state index contributed by atoms with van der Waals surface area (Å²) in [4.78, 5) is 2.31. The molecule has 0 saturated carbocycles. The molecule has 6 heteroatoms. The summed E-state index contributed by atoms with van der Waals surface area (Å²) >= 11 is 1.80. The molecule has 1 aromatic heterocycles. The number of para-hydroxylation sites is 2. The summed E-state index contributed by atoms with van der Waals surface area (Å²) in [7, 11) is -2.54. The first-order valence-electron chi connectivity index (χ1n) is 12.5. The first-order valence-corrected chi connectivity index (χ1v) is 15.5. The van der Waals surface area contributed by atoms with Crippen LogP contribution in [0.3, 0.4) is 0 Å². The predicted octanol–water partition coefficient (Wildman–Crippen LogP) is 7.60. The molecule has 0 spiro atoms. The van der Waals surface area contributed by atoms with Gasteiger partial charge in [-0.25, -0.2) is 0 Å². The Morgan fingerprint density at radius 1 is 1.00 bits per heavy atom. The predicted molar refractivity (Wildman–Crippen MR) is 153 cm³/mol. The van der Waals surface area contributed by atoms with Crippen molar-refractivity contribution < 1.29 is 13.7 Å². The fourth-order valence-corrected chi connectivity index (χ4v) is 7.26. The van der Waals surface area contributed by atoms with Gasteiger partial charge in [-0.2, -0.15) is 4.57 Å². The first kappa shape index (κ1) is 24.7. The van der Waals surface area contributed by atoms with Gasteiger partial charge in [-0.15, -0.1) is 0 Å². The number of nitrogens with zero attached hydrogens (tertiary/aromatic N) is 2. The maximum absolute atomic E-state index is 12.7. The highest BCUT2D eigenvalue weighted by Crippen LogP contribution is 2.43. The van der Waals surface area contributed by atoms with E-state index in [4.69, 9.17) is 4.52 Å². The third-order valence-electron chi connectivity index (χ3n) is 6.42. The van der Waals surface area contributed by atoms with E-state index in [1.54, 1.807) is 18.0 Å². The Balaban J connectivity index is 1.47. The SMILES string of the molecule is CCOP(C)(=O)CCC[n+]1c(/C=C2\C=CN(Cc3ccccc3)c3ccccc32)sc2ccccc21. The Hall–Kier alpha value is -2.98. The van der Waals surface area contributed by atoms with Crippen molar-refractivity contribution in [2.45, 2.75) is 26.4 Å². The lowest BCUT2D eigenvalue weighted by Crippen LogP contribution is -2.35. The lowest BCUT2D eigenvalue weighted by Gasteiger charge is -2.27. The summed E-state index contributed by atoms with van der Waals surface area (Å²) in [5, 5.41) is 1.20. The van der Waals surface area contributed by atoms with Crippen LogP contribution in [0.25, 0.3) is 21.9 Å². The lowest BCUT2D eigenvalue weighted by atomic mass is 9.99. The van der Waals surface area contributed by atoms with Crippen LogP contribution in [-0.4, -0.2) is 19.4 Å². The molecular formula is C30H32N2O2PS+. The average Bonchev–Trinajstić information content (AvgIpc) is 3.23. The zero-order valence-electron chi connectivity index (χ0n) is 20.8. The van der Waals surface area contributed by atoms with Crippen LogP contribution in [0.1, 0.15) is 29.5 Å². The van der Waals surface area contributed by atoms with Gasteiger partial charge in [-0.3, -0.25) is 4.57 Å². The Morgan fingerprint density at radius 3 is 2.58 bits per heavy atom. The van der Waals surface area contributed by atoms with Crippen LogP contribution in [0.15, 0.2) is 91.1 Å². The summed E-state index contributed by atoms with van der Waals surface area (Å²) in [5.41, 5.74) is 6.15. The number of fused-ring (bicyclic) bond motifs is 2. The summed E-state index contributed by atoms with van der Waals surface area (Å²) in [6, 6.07) is 27.7. The number of benzene rings is 3. The molecule has 0 N–H and O–H groups in total. The van der Waals surface area contributed by atoms with Crippen LogP contribution in [-0.2, 0) is 22.2 Å². The molecule has 0 aliphatic carbocycles. The molecule has 4 nitrogen and oxygen atoms in total. The normalized spacial score (nSPS) is 15.8. The van der Waals surface area contributed by atoms with E-state index in [2.05, 4.69) is 107 Å². The van der Waals surface area contributed by atoms with Crippen LogP contribution < -0.4 is 9.47 Å². The quantitative estimate of drug-likeness (QED) is 0.170. The molecule has 4 aromatic rings. The van der Waals surface area contributed by atoms with Crippen molar-refractivity contribution in [1.82, 2.24) is 0 Å². The second-order valence-electron chi connectivity index (χ2n) is 9.11. The van der Waals surface area contributed by atoms with Crippen molar-refractivity contribution >= 4 is 46.3 Å². The average molecular weight is 516 g/mol. The number of hydrogen-bond acceptors (Lipinski definition) is 4. The van der Waals surface area contributed by atoms with E-state index in [1.165, 1.54) is 37.6 Å². The second kappa shape index (κ2) is 11.0. The molecule has 0 fully saturated rings. The van der Waals surface area contributed by atoms with E-state index in [0.29, 0.717) is 12.8 Å². The van der Waals surface area contributed by atoms with Crippen molar-refractivity contribution in [2.75, 3.05) is 24.3 Å². The Bertz CT molecular complexity index is 1460. The van der Waals surface area contributed by atoms with Crippen molar-refractivity contribution in [3.05, 3.63) is 107 Å². The summed E-state index contributed by atoms with van der Waals surface area (Å²) in [6.07, 6.45) is 8.11. The van der Waals surface area contributed by atoms with Gasteiger partial charge in [0.2, 0.25) is 5.52 Å². The number of aromatic nitrogens is 1. The van der Waals surface area contributed by atoms with E-state index < -0.39 is 7.37 Å². The van der Waals surface area contributed by atoms with Crippen LogP contribution >= 0.6 is 18.7 Å². The van der Waals surface area contributed by atoms with Crippen LogP contribution in [0.2, 0.25) is 0 Å². The summed E-state index contributed by atoms with van der Waals surface area (Å²) in [5.74, 6) is 0. The van der Waals surface area contributed by atoms with Gasteiger partial charge >= 0.3 is 0 Å². The third kappa shape index (κ3) is 5.54. The maximum atomic E-state index is 12.7. The molecule has 0 amide bonds. The monoisotopic (exact) mass is 515 g/mol. The van der Waals surface area contributed by atoms with Crippen molar-refractivity contribution in [1.29, 1.82) is 0 Å². The van der Waals surface area contributed by atoms with E-state index in [1.807, 2.05) is 6.92 Å². The topological polar surface area (TPSA) is 33.4 Å². The summed E-state index contributed by atoms with van der Waals surface area (Å²) < 4.78 is 21.8. The van der Waals surface area contributed by atoms with E-state index in [9.17, 15) is 4.57 Å². The van der Waals surface area contributed by atoms with Crippen LogP contribution in [0, 0.1) is 0 Å². The molecule has 0 saturated heterocycles. The Labute approximate surface area is 217 Å². The fraction of sp³-hybridized carbons (Fsp3) is 0.233. The molecule has 2 heterocycles. The highest BCUT2D eigenvalue weighted by molar-refractivity contribution is 7.58. The minimum absolute atomic E-state index is 0.493. The van der Waals surface area contributed by atoms with Crippen molar-refractivity contribution in [2.24, 2.45) is 0 Å². The molecule has 1 aliphatic heterocycles. The minimum atomic E-state index is -2.54. The lowest BCUT2D eigenvalue weighted by molar-refractivity contribution is -0.668. The van der Waals surface area contributed by atoms with Gasteiger partial charge in [0.05, 0.1) is 6.61 Å². The largest absolute Gasteiger partial charge is 0.343 e. The van der Waals surface area contributed by atoms with Gasteiger partial charge in [0.25, 0.3) is 5.01 Å². The third-order valence-corrected chi connectivity index (χ3v) is 9.46. The van der Waals surface area contributed by atoms with Crippen LogP contribution in [0.5, 0.6) is 0 Å². The number of aryl methyl sites for hydroxylation is 1. The van der Waals surface area contributed by atoms with Gasteiger partial charge < -0.3 is 9.42 Å². The van der Waals surface area contributed by atoms with E-state index in [0.717, 1.165) is 19.5 Å². The van der Waals surface area contributed by atoms with Crippen molar-refractivity contribution in [3.63, 3.8) is 0 Å². The number of thiazole rings is 1. The first-order chi connectivity index (χ1) is 17.5. The minimum Gasteiger partial charge on any atom is -0.343 e. The molecule has 5 rings (SSSR count). The van der Waals surface area contributed by atoms with Crippen molar-refractivity contribution in [3.8, 4) is 0 Å². The summed E-state index contributed by atoms with van der Waals surface area (Å²) in [6.45, 7) is 5.78. The molecule has 184 valence electrons. The van der Waals surface area contributed by atoms with Gasteiger partial charge in [-0.05, 0) is 36.3 Å². The maximum Gasteiger partial charge on any atom is 0.263 e. The Kier molecular flexibility index (Phi) is 7.52. The van der Waals surface area contributed by atoms with E-state index >= 15 is 0 Å². The number of hydrogen-bond donors (Lipinski definition) is 0. The van der Waals surface area contributed by atoms with Gasteiger partial charge in [0.15, 0.2) is 13.9 Å². The Morgan fingerprint density at radius 2 is 1.75 bits per heavy atom. The second-order valence-corrected chi connectivity index (χ2v) is 12.9. The molecule has 1 atom stereocenters. The molecule has 36 heavy (non-hydrogen) atoms. The van der Waals surface area contributed by atoms with Crippen LogP contribution in [0.4, 0.5) is 5.69 Å². The molecule has 0 radical (unpaired) electrons. The molecule has 3 aromatic carbocycles. The molecule has 0 bridgehead atoms. The molecular weight excluding hydrogens is 483 g/mol. The van der Waals surface area contributed by atoms with E-state index in [-0.39, 0.29) is 0 Å². The highest BCUT2D eigenvalue weighted by Gasteiger charge is 2.23. The van der Waals surface area contributed by atoms with Gasteiger partial charge in [-0.1, -0.05) is 72.0 Å². The molecule has 1 aliphatic rings. The zero-order valence-corrected chi connectivity index (χ0v) is 22.6. The highest BCUT2D eigenvalue weighted by atomic mass is 32.1. The number of anilines is 1. The number of rotatable bonds is 9. The van der Waals surface area contributed by atoms with Gasteiger partial charge in [0.1, 0.15) is 4.70 Å². The standard InChI is InChI=1S/C30H32N2O2PS/c1-3-34-35(2,33)21-11-19-32-28-16-9-10-17-29(28)36-30(32)22-25-18-20-31(23-24-12-5-4-6-13-24)27-15-8-7-14-26(25)27/h4-10,12-18,20,22H,3,11,19,21,23H2,1-2H3/q+1. The fourth-order valence-electron chi connectivity index (χ4n) is 4.73. The molecule has 1 unspecified atom stereocenters. The zero-order chi connectivity index (χ0) is 25.0. The van der Waals surface area contributed by atoms with Gasteiger partial charge in [0, 0.05) is 55.4 Å². The number of allylic oxidation sites excluding steroid dienone is 2. The smallest absolute Gasteiger partial charge is 0.263 e.